The number of nitrogens with zero attached hydrogens (tertiary/aromatic N) is 3. The van der Waals surface area contributed by atoms with Crippen molar-refractivity contribution in [3.63, 3.8) is 0 Å². The number of H-pyrrole nitrogens is 1. The highest BCUT2D eigenvalue weighted by Crippen LogP contribution is 2.27. The topological polar surface area (TPSA) is 116 Å². The van der Waals surface area contributed by atoms with Crippen molar-refractivity contribution in [1.29, 1.82) is 5.41 Å². The summed E-state index contributed by atoms with van der Waals surface area (Å²) in [7, 11) is 0. The Labute approximate surface area is 143 Å². The zero-order valence-corrected chi connectivity index (χ0v) is 13.7. The second-order valence-corrected chi connectivity index (χ2v) is 6.09. The van der Waals surface area contributed by atoms with E-state index in [1.165, 1.54) is 11.8 Å². The van der Waals surface area contributed by atoms with E-state index in [4.69, 9.17) is 11.1 Å². The SMILES string of the molecule is N=C/C(=C\NCc1ccccc1)CSc1cc(N)nc2[nH]nnc12. The number of aromatic nitrogens is 4. The van der Waals surface area contributed by atoms with Gasteiger partial charge in [-0.2, -0.15) is 0 Å². The fraction of sp³-hybridized carbons (Fsp3) is 0.125. The monoisotopic (exact) mass is 339 g/mol. The molecule has 24 heavy (non-hydrogen) atoms. The third-order valence-electron chi connectivity index (χ3n) is 3.30. The van der Waals surface area contributed by atoms with Gasteiger partial charge in [-0.05, 0) is 17.2 Å². The van der Waals surface area contributed by atoms with Crippen molar-refractivity contribution < 1.29 is 0 Å². The van der Waals surface area contributed by atoms with Crippen LogP contribution >= 0.6 is 11.8 Å². The number of pyridine rings is 1. The van der Waals surface area contributed by atoms with Gasteiger partial charge in [-0.1, -0.05) is 35.5 Å². The first-order valence-corrected chi connectivity index (χ1v) is 8.31. The van der Waals surface area contributed by atoms with Crippen LogP contribution in [0.3, 0.4) is 0 Å². The molecule has 0 atom stereocenters. The smallest absolute Gasteiger partial charge is 0.179 e. The Morgan fingerprint density at radius 2 is 2.17 bits per heavy atom. The highest BCUT2D eigenvalue weighted by Gasteiger charge is 2.09. The summed E-state index contributed by atoms with van der Waals surface area (Å²) in [6.07, 6.45) is 3.20. The standard InChI is InChI=1S/C16H17N7S/c17-7-12(9-19-8-11-4-2-1-3-5-11)10-24-13-6-14(18)20-16-15(13)21-23-22-16/h1-7,9,17,19H,8,10H2,(H3,18,20,21,22,23)/b12-9+,17-7?. The zero-order valence-electron chi connectivity index (χ0n) is 12.9. The number of nitrogen functional groups attached to an aromatic ring is 1. The summed E-state index contributed by atoms with van der Waals surface area (Å²) in [6, 6.07) is 11.9. The van der Waals surface area contributed by atoms with Crippen LogP contribution in [0.4, 0.5) is 5.82 Å². The molecule has 2 aromatic heterocycles. The van der Waals surface area contributed by atoms with Crippen molar-refractivity contribution in [2.75, 3.05) is 11.5 Å². The van der Waals surface area contributed by atoms with Crippen molar-refractivity contribution >= 4 is 35.0 Å². The van der Waals surface area contributed by atoms with Gasteiger partial charge in [0.05, 0.1) is 0 Å². The average molecular weight is 339 g/mol. The summed E-state index contributed by atoms with van der Waals surface area (Å²) in [5, 5.41) is 21.3. The average Bonchev–Trinajstić information content (AvgIpc) is 3.07. The molecule has 0 radical (unpaired) electrons. The Hall–Kier alpha value is -2.87. The largest absolute Gasteiger partial charge is 0.387 e. The molecule has 0 fully saturated rings. The molecule has 0 saturated carbocycles. The lowest BCUT2D eigenvalue weighted by Crippen LogP contribution is -2.07. The summed E-state index contributed by atoms with van der Waals surface area (Å²) in [6.45, 7) is 0.721. The number of hydrogen-bond acceptors (Lipinski definition) is 7. The first kappa shape index (κ1) is 16.0. The Bertz CT molecular complexity index is 857. The van der Waals surface area contributed by atoms with E-state index < -0.39 is 0 Å². The van der Waals surface area contributed by atoms with Crippen LogP contribution < -0.4 is 11.1 Å². The van der Waals surface area contributed by atoms with E-state index in [1.807, 2.05) is 24.4 Å². The number of aromatic amines is 1. The molecule has 0 aliphatic rings. The molecule has 3 aromatic rings. The van der Waals surface area contributed by atoms with Crippen LogP contribution in [0, 0.1) is 5.41 Å². The molecule has 1 aromatic carbocycles. The number of nitrogens with two attached hydrogens (primary N) is 1. The molecule has 0 aliphatic heterocycles. The van der Waals surface area contributed by atoms with Gasteiger partial charge < -0.3 is 16.5 Å². The van der Waals surface area contributed by atoms with Crippen LogP contribution in [-0.2, 0) is 6.54 Å². The second-order valence-electron chi connectivity index (χ2n) is 5.07. The summed E-state index contributed by atoms with van der Waals surface area (Å²) in [4.78, 5) is 5.03. The summed E-state index contributed by atoms with van der Waals surface area (Å²) < 4.78 is 0. The van der Waals surface area contributed by atoms with E-state index >= 15 is 0 Å². The van der Waals surface area contributed by atoms with Crippen LogP contribution in [-0.4, -0.2) is 32.4 Å². The van der Waals surface area contributed by atoms with E-state index in [1.54, 1.807) is 17.8 Å². The third kappa shape index (κ3) is 3.90. The molecular weight excluding hydrogens is 322 g/mol. The highest BCUT2D eigenvalue weighted by atomic mass is 32.2. The zero-order chi connectivity index (χ0) is 16.8. The lowest BCUT2D eigenvalue weighted by atomic mass is 10.2. The van der Waals surface area contributed by atoms with Gasteiger partial charge in [-0.25, -0.2) is 10.1 Å². The highest BCUT2D eigenvalue weighted by molar-refractivity contribution is 7.99. The van der Waals surface area contributed by atoms with Gasteiger partial charge in [-0.15, -0.1) is 16.9 Å². The fourth-order valence-electron chi connectivity index (χ4n) is 2.12. The maximum Gasteiger partial charge on any atom is 0.179 e. The molecule has 0 saturated heterocycles. The number of fused-ring (bicyclic) bond motifs is 1. The Morgan fingerprint density at radius 1 is 1.33 bits per heavy atom. The van der Waals surface area contributed by atoms with Gasteiger partial charge in [0.25, 0.3) is 0 Å². The molecular formula is C16H17N7S. The predicted octanol–water partition coefficient (Wildman–Crippen LogP) is 2.35. The van der Waals surface area contributed by atoms with Crippen LogP contribution in [0.2, 0.25) is 0 Å². The van der Waals surface area contributed by atoms with Crippen molar-refractivity contribution in [3.8, 4) is 0 Å². The lowest BCUT2D eigenvalue weighted by molar-refractivity contribution is 0.866. The minimum atomic E-state index is 0.415. The minimum Gasteiger partial charge on any atom is -0.387 e. The minimum absolute atomic E-state index is 0.415. The summed E-state index contributed by atoms with van der Waals surface area (Å²) >= 11 is 1.55. The molecule has 0 amide bonds. The van der Waals surface area contributed by atoms with Gasteiger partial charge in [0.2, 0.25) is 0 Å². The van der Waals surface area contributed by atoms with Gasteiger partial charge in [0, 0.05) is 29.6 Å². The first-order valence-electron chi connectivity index (χ1n) is 7.33. The molecule has 0 unspecified atom stereocenters. The number of thioether (sulfide) groups is 1. The molecule has 5 N–H and O–H groups in total. The third-order valence-corrected chi connectivity index (χ3v) is 4.40. The lowest BCUT2D eigenvalue weighted by Gasteiger charge is -2.06. The van der Waals surface area contributed by atoms with E-state index in [9.17, 15) is 0 Å². The number of hydrogen-bond donors (Lipinski definition) is 4. The molecule has 7 nitrogen and oxygen atoms in total. The van der Waals surface area contributed by atoms with Crippen molar-refractivity contribution in [2.24, 2.45) is 0 Å². The molecule has 8 heteroatoms. The number of benzene rings is 1. The molecule has 0 spiro atoms. The molecule has 2 heterocycles. The Morgan fingerprint density at radius 3 is 2.96 bits per heavy atom. The molecule has 122 valence electrons. The first-order chi connectivity index (χ1) is 11.8. The van der Waals surface area contributed by atoms with Crippen molar-refractivity contribution in [1.82, 2.24) is 25.7 Å². The second kappa shape index (κ2) is 7.60. The van der Waals surface area contributed by atoms with Gasteiger partial charge >= 0.3 is 0 Å². The van der Waals surface area contributed by atoms with E-state index in [2.05, 4.69) is 37.8 Å². The maximum atomic E-state index is 7.57. The molecule has 3 rings (SSSR count). The maximum absolute atomic E-state index is 7.57. The van der Waals surface area contributed by atoms with Crippen molar-refractivity contribution in [3.05, 3.63) is 53.7 Å². The van der Waals surface area contributed by atoms with E-state index in [0.717, 1.165) is 17.0 Å². The van der Waals surface area contributed by atoms with Gasteiger partial charge in [0.1, 0.15) is 11.3 Å². The normalized spacial score (nSPS) is 11.6. The van der Waals surface area contributed by atoms with Crippen molar-refractivity contribution in [2.45, 2.75) is 11.4 Å². The van der Waals surface area contributed by atoms with E-state index in [0.29, 0.717) is 22.7 Å². The van der Waals surface area contributed by atoms with Gasteiger partial charge in [-0.3, -0.25) is 0 Å². The summed E-state index contributed by atoms with van der Waals surface area (Å²) in [5.41, 5.74) is 9.11. The Kier molecular flexibility index (Phi) is 5.07. The summed E-state index contributed by atoms with van der Waals surface area (Å²) in [5.74, 6) is 1.04. The van der Waals surface area contributed by atoms with Crippen LogP contribution in [0.15, 0.2) is 53.1 Å². The predicted molar refractivity (Wildman–Crippen MR) is 97.0 cm³/mol. The number of anilines is 1. The van der Waals surface area contributed by atoms with Crippen LogP contribution in [0.1, 0.15) is 5.56 Å². The van der Waals surface area contributed by atoms with E-state index in [-0.39, 0.29) is 0 Å². The quantitative estimate of drug-likeness (QED) is 0.388. The van der Waals surface area contributed by atoms with Gasteiger partial charge in [0.15, 0.2) is 5.65 Å². The fourth-order valence-corrected chi connectivity index (χ4v) is 3.09. The Balaban J connectivity index is 1.63. The number of nitrogens with one attached hydrogen (secondary N) is 3. The number of rotatable bonds is 7. The molecule has 0 bridgehead atoms. The molecule has 0 aliphatic carbocycles. The van der Waals surface area contributed by atoms with Crippen LogP contribution in [0.5, 0.6) is 0 Å². The van der Waals surface area contributed by atoms with Crippen LogP contribution in [0.25, 0.3) is 11.2 Å².